The maximum absolute atomic E-state index is 13.1. The van der Waals surface area contributed by atoms with Crippen LogP contribution in [0, 0.1) is 6.92 Å². The van der Waals surface area contributed by atoms with Crippen molar-refractivity contribution < 1.29 is 13.2 Å². The summed E-state index contributed by atoms with van der Waals surface area (Å²) < 4.78 is 29.0. The average Bonchev–Trinajstić information content (AvgIpc) is 2.69. The maximum atomic E-state index is 13.1. The lowest BCUT2D eigenvalue weighted by Gasteiger charge is -2.20. The van der Waals surface area contributed by atoms with E-state index >= 15 is 0 Å². The van der Waals surface area contributed by atoms with Crippen molar-refractivity contribution >= 4 is 21.6 Å². The Bertz CT molecular complexity index is 1030. The molecule has 0 radical (unpaired) electrons. The molecule has 0 heterocycles. The van der Waals surface area contributed by atoms with Gasteiger partial charge in [-0.25, -0.2) is 8.42 Å². The highest BCUT2D eigenvalue weighted by Crippen LogP contribution is 2.26. The molecular formula is C22H22N2O3S. The highest BCUT2D eigenvalue weighted by molar-refractivity contribution is 7.89. The van der Waals surface area contributed by atoms with Gasteiger partial charge in [0.1, 0.15) is 0 Å². The van der Waals surface area contributed by atoms with Crippen LogP contribution in [0.3, 0.4) is 0 Å². The molecule has 3 rings (SSSR count). The summed E-state index contributed by atoms with van der Waals surface area (Å²) in [5.74, 6) is -0.204. The average molecular weight is 394 g/mol. The van der Waals surface area contributed by atoms with Crippen LogP contribution in [0.25, 0.3) is 0 Å². The normalized spacial score (nSPS) is 11.4. The minimum absolute atomic E-state index is 0.149. The van der Waals surface area contributed by atoms with Gasteiger partial charge in [-0.15, -0.1) is 0 Å². The standard InChI is InChI=1S/C22H22N2O3S/c1-16-15-20(13-14-21(16)23-17(2)25)28(26,27)24-22(18-9-5-3-6-10-18)19-11-7-4-8-12-19/h3-15,22,24H,1-2H3,(H,23,25). The van der Waals surface area contributed by atoms with E-state index in [0.717, 1.165) is 11.1 Å². The maximum Gasteiger partial charge on any atom is 0.241 e. The number of carbonyl (C=O) groups is 1. The Balaban J connectivity index is 1.96. The Kier molecular flexibility index (Phi) is 5.92. The Morgan fingerprint density at radius 1 is 0.857 bits per heavy atom. The molecular weight excluding hydrogens is 372 g/mol. The van der Waals surface area contributed by atoms with Crippen molar-refractivity contribution in [3.63, 3.8) is 0 Å². The molecule has 6 heteroatoms. The van der Waals surface area contributed by atoms with E-state index in [1.54, 1.807) is 19.1 Å². The van der Waals surface area contributed by atoms with Gasteiger partial charge >= 0.3 is 0 Å². The van der Waals surface area contributed by atoms with E-state index in [4.69, 9.17) is 0 Å². The van der Waals surface area contributed by atoms with Crippen LogP contribution >= 0.6 is 0 Å². The molecule has 0 aliphatic carbocycles. The van der Waals surface area contributed by atoms with Crippen LogP contribution in [0.5, 0.6) is 0 Å². The van der Waals surface area contributed by atoms with Crippen LogP contribution in [0.4, 0.5) is 5.69 Å². The molecule has 28 heavy (non-hydrogen) atoms. The topological polar surface area (TPSA) is 75.3 Å². The molecule has 0 fully saturated rings. The highest BCUT2D eigenvalue weighted by Gasteiger charge is 2.23. The van der Waals surface area contributed by atoms with E-state index in [-0.39, 0.29) is 10.8 Å². The second-order valence-corrected chi connectivity index (χ2v) is 8.25. The molecule has 0 aliphatic rings. The summed E-state index contributed by atoms with van der Waals surface area (Å²) in [6.45, 7) is 3.17. The second-order valence-electron chi connectivity index (χ2n) is 6.53. The van der Waals surface area contributed by atoms with Crippen LogP contribution in [-0.4, -0.2) is 14.3 Å². The number of hydrogen-bond acceptors (Lipinski definition) is 3. The first-order chi connectivity index (χ1) is 13.4. The molecule has 0 atom stereocenters. The molecule has 2 N–H and O–H groups in total. The fourth-order valence-corrected chi connectivity index (χ4v) is 4.27. The van der Waals surface area contributed by atoms with E-state index in [0.29, 0.717) is 11.3 Å². The SMILES string of the molecule is CC(=O)Nc1ccc(S(=O)(=O)NC(c2ccccc2)c2ccccc2)cc1C. The molecule has 144 valence electrons. The van der Waals surface area contributed by atoms with Crippen molar-refractivity contribution in [3.05, 3.63) is 95.6 Å². The third kappa shape index (κ3) is 4.65. The molecule has 3 aromatic rings. The smallest absolute Gasteiger partial charge is 0.241 e. The zero-order valence-electron chi connectivity index (χ0n) is 15.7. The molecule has 5 nitrogen and oxygen atoms in total. The van der Waals surface area contributed by atoms with Crippen molar-refractivity contribution in [2.24, 2.45) is 0 Å². The number of nitrogens with one attached hydrogen (secondary N) is 2. The first-order valence-corrected chi connectivity index (χ1v) is 10.4. The number of aryl methyl sites for hydroxylation is 1. The fraction of sp³-hybridized carbons (Fsp3) is 0.136. The summed E-state index contributed by atoms with van der Waals surface area (Å²) in [4.78, 5) is 11.4. The van der Waals surface area contributed by atoms with Crippen molar-refractivity contribution in [3.8, 4) is 0 Å². The quantitative estimate of drug-likeness (QED) is 0.663. The van der Waals surface area contributed by atoms with Crippen molar-refractivity contribution in [2.45, 2.75) is 24.8 Å². The van der Waals surface area contributed by atoms with Crippen LogP contribution in [0.1, 0.15) is 29.7 Å². The van der Waals surface area contributed by atoms with Gasteiger partial charge in [0, 0.05) is 12.6 Å². The summed E-state index contributed by atoms with van der Waals surface area (Å²) in [6, 6.07) is 23.0. The summed E-state index contributed by atoms with van der Waals surface area (Å²) >= 11 is 0. The fourth-order valence-electron chi connectivity index (χ4n) is 2.98. The van der Waals surface area contributed by atoms with Gasteiger partial charge in [-0.05, 0) is 41.8 Å². The van der Waals surface area contributed by atoms with Crippen LogP contribution in [-0.2, 0) is 14.8 Å². The zero-order chi connectivity index (χ0) is 20.1. The third-order valence-electron chi connectivity index (χ3n) is 4.36. The predicted octanol–water partition coefficient (Wildman–Crippen LogP) is 4.02. The van der Waals surface area contributed by atoms with Gasteiger partial charge in [0.05, 0.1) is 10.9 Å². The van der Waals surface area contributed by atoms with Crippen LogP contribution in [0.15, 0.2) is 83.8 Å². The Morgan fingerprint density at radius 2 is 1.39 bits per heavy atom. The van der Waals surface area contributed by atoms with Crippen molar-refractivity contribution in [2.75, 3.05) is 5.32 Å². The van der Waals surface area contributed by atoms with Gasteiger partial charge in [0.15, 0.2) is 0 Å². The van der Waals surface area contributed by atoms with Gasteiger partial charge in [0.25, 0.3) is 0 Å². The Hall–Kier alpha value is -2.96. The van der Waals surface area contributed by atoms with Crippen molar-refractivity contribution in [1.82, 2.24) is 4.72 Å². The van der Waals surface area contributed by atoms with E-state index < -0.39 is 16.1 Å². The molecule has 0 bridgehead atoms. The lowest BCUT2D eigenvalue weighted by Crippen LogP contribution is -2.29. The number of rotatable bonds is 6. The van der Waals surface area contributed by atoms with Crippen LogP contribution < -0.4 is 10.0 Å². The van der Waals surface area contributed by atoms with E-state index in [9.17, 15) is 13.2 Å². The van der Waals surface area contributed by atoms with Gasteiger partial charge in [-0.1, -0.05) is 60.7 Å². The van der Waals surface area contributed by atoms with Gasteiger partial charge < -0.3 is 5.32 Å². The van der Waals surface area contributed by atoms with E-state index in [2.05, 4.69) is 10.0 Å². The van der Waals surface area contributed by atoms with Crippen molar-refractivity contribution in [1.29, 1.82) is 0 Å². The first kappa shape index (κ1) is 19.8. The first-order valence-electron chi connectivity index (χ1n) is 8.87. The molecule has 0 aromatic heterocycles. The Morgan fingerprint density at radius 3 is 1.86 bits per heavy atom. The number of hydrogen-bond donors (Lipinski definition) is 2. The minimum Gasteiger partial charge on any atom is -0.326 e. The molecule has 1 amide bonds. The molecule has 0 spiro atoms. The second kappa shape index (κ2) is 8.37. The monoisotopic (exact) mass is 394 g/mol. The molecule has 0 saturated heterocycles. The van der Waals surface area contributed by atoms with Crippen LogP contribution in [0.2, 0.25) is 0 Å². The molecule has 3 aromatic carbocycles. The number of benzene rings is 3. The van der Waals surface area contributed by atoms with Gasteiger partial charge in [-0.3, -0.25) is 4.79 Å². The summed E-state index contributed by atoms with van der Waals surface area (Å²) in [5.41, 5.74) is 2.97. The number of amides is 1. The largest absolute Gasteiger partial charge is 0.326 e. The number of sulfonamides is 1. The highest BCUT2D eigenvalue weighted by atomic mass is 32.2. The lowest BCUT2D eigenvalue weighted by atomic mass is 10.00. The van der Waals surface area contributed by atoms with E-state index in [1.807, 2.05) is 60.7 Å². The Labute approximate surface area is 165 Å². The van der Waals surface area contributed by atoms with E-state index in [1.165, 1.54) is 13.0 Å². The molecule has 0 unspecified atom stereocenters. The molecule has 0 saturated carbocycles. The third-order valence-corrected chi connectivity index (χ3v) is 5.78. The summed E-state index contributed by atoms with van der Waals surface area (Å²) in [5, 5.41) is 2.69. The van der Waals surface area contributed by atoms with Gasteiger partial charge in [-0.2, -0.15) is 4.72 Å². The predicted molar refractivity (Wildman–Crippen MR) is 111 cm³/mol. The molecule has 0 aliphatic heterocycles. The zero-order valence-corrected chi connectivity index (χ0v) is 16.5. The lowest BCUT2D eigenvalue weighted by molar-refractivity contribution is -0.114. The van der Waals surface area contributed by atoms with Gasteiger partial charge in [0.2, 0.25) is 15.9 Å². The number of carbonyl (C=O) groups excluding carboxylic acids is 1. The number of anilines is 1. The summed E-state index contributed by atoms with van der Waals surface area (Å²) in [6.07, 6.45) is 0. The minimum atomic E-state index is -3.79. The summed E-state index contributed by atoms with van der Waals surface area (Å²) in [7, 11) is -3.79.